The highest BCUT2D eigenvalue weighted by molar-refractivity contribution is 5.51. The first-order chi connectivity index (χ1) is 8.08. The number of nitro groups is 1. The molecule has 2 rings (SSSR count). The number of nitrogen functional groups attached to an aromatic ring is 1. The van der Waals surface area contributed by atoms with E-state index in [0.29, 0.717) is 6.54 Å². The van der Waals surface area contributed by atoms with Crippen LogP contribution in [0.3, 0.4) is 0 Å². The van der Waals surface area contributed by atoms with Crippen molar-refractivity contribution in [1.29, 1.82) is 0 Å². The van der Waals surface area contributed by atoms with Crippen molar-refractivity contribution in [3.8, 4) is 0 Å². The molecule has 0 aliphatic heterocycles. The Kier molecular flexibility index (Phi) is 2.78. The Bertz CT molecular complexity index is 545. The number of aryl methyl sites for hydroxylation is 1. The maximum Gasteiger partial charge on any atom is 0.330 e. The highest BCUT2D eigenvalue weighted by Crippen LogP contribution is 2.20. The van der Waals surface area contributed by atoms with Crippen molar-refractivity contribution < 1.29 is 4.92 Å². The normalized spacial score (nSPS) is 10.4. The van der Waals surface area contributed by atoms with E-state index in [1.807, 2.05) is 31.2 Å². The fraction of sp³-hybridized carbons (Fsp3) is 0.182. The molecule has 0 saturated heterocycles. The number of nitrogens with two attached hydrogens (primary N) is 1. The van der Waals surface area contributed by atoms with E-state index in [2.05, 4.69) is 5.10 Å². The maximum absolute atomic E-state index is 10.6. The van der Waals surface area contributed by atoms with E-state index >= 15 is 0 Å². The van der Waals surface area contributed by atoms with E-state index < -0.39 is 4.92 Å². The number of aromatic nitrogens is 2. The van der Waals surface area contributed by atoms with Gasteiger partial charge < -0.3 is 5.73 Å². The zero-order chi connectivity index (χ0) is 12.4. The Morgan fingerprint density at radius 1 is 1.41 bits per heavy atom. The molecule has 0 atom stereocenters. The van der Waals surface area contributed by atoms with Crippen LogP contribution in [0.15, 0.2) is 30.5 Å². The van der Waals surface area contributed by atoms with Gasteiger partial charge >= 0.3 is 5.69 Å². The summed E-state index contributed by atoms with van der Waals surface area (Å²) in [6.07, 6.45) is 1.17. The zero-order valence-electron chi connectivity index (χ0n) is 9.33. The van der Waals surface area contributed by atoms with Crippen molar-refractivity contribution in [1.82, 2.24) is 9.78 Å². The van der Waals surface area contributed by atoms with Crippen LogP contribution in [-0.2, 0) is 6.54 Å². The lowest BCUT2D eigenvalue weighted by molar-refractivity contribution is -0.384. The summed E-state index contributed by atoms with van der Waals surface area (Å²) >= 11 is 0. The van der Waals surface area contributed by atoms with Gasteiger partial charge in [0.2, 0.25) is 5.82 Å². The van der Waals surface area contributed by atoms with Gasteiger partial charge in [0.05, 0.1) is 11.5 Å². The molecule has 0 fully saturated rings. The molecule has 0 spiro atoms. The van der Waals surface area contributed by atoms with Crippen molar-refractivity contribution in [2.24, 2.45) is 0 Å². The molecule has 2 aromatic rings. The molecule has 1 heterocycles. The summed E-state index contributed by atoms with van der Waals surface area (Å²) in [6.45, 7) is 2.43. The van der Waals surface area contributed by atoms with Crippen LogP contribution in [0.4, 0.5) is 11.5 Å². The minimum atomic E-state index is -0.534. The van der Waals surface area contributed by atoms with Gasteiger partial charge in [-0.2, -0.15) is 5.10 Å². The molecule has 88 valence electrons. The van der Waals surface area contributed by atoms with Gasteiger partial charge in [0.1, 0.15) is 6.20 Å². The molecule has 17 heavy (non-hydrogen) atoms. The average Bonchev–Trinajstić information content (AvgIpc) is 2.64. The predicted octanol–water partition coefficient (Wildman–Crippen LogP) is 1.73. The second kappa shape index (κ2) is 4.25. The molecule has 0 aliphatic carbocycles. The highest BCUT2D eigenvalue weighted by atomic mass is 16.6. The summed E-state index contributed by atoms with van der Waals surface area (Å²) < 4.78 is 1.42. The molecule has 6 nitrogen and oxygen atoms in total. The lowest BCUT2D eigenvalue weighted by atomic mass is 10.1. The van der Waals surface area contributed by atoms with E-state index in [1.54, 1.807) is 0 Å². The van der Waals surface area contributed by atoms with E-state index in [1.165, 1.54) is 10.9 Å². The highest BCUT2D eigenvalue weighted by Gasteiger charge is 2.17. The van der Waals surface area contributed by atoms with Gasteiger partial charge in [-0.3, -0.25) is 10.1 Å². The number of nitrogens with zero attached hydrogens (tertiary/aromatic N) is 3. The second-order valence-electron chi connectivity index (χ2n) is 3.82. The van der Waals surface area contributed by atoms with Crippen molar-refractivity contribution >= 4 is 11.5 Å². The lowest BCUT2D eigenvalue weighted by Crippen LogP contribution is -2.06. The Labute approximate surface area is 97.8 Å². The van der Waals surface area contributed by atoms with E-state index in [4.69, 9.17) is 5.73 Å². The Morgan fingerprint density at radius 2 is 2.06 bits per heavy atom. The monoisotopic (exact) mass is 232 g/mol. The van der Waals surface area contributed by atoms with E-state index in [9.17, 15) is 10.1 Å². The Morgan fingerprint density at radius 3 is 2.59 bits per heavy atom. The predicted molar refractivity (Wildman–Crippen MR) is 63.6 cm³/mol. The van der Waals surface area contributed by atoms with Gasteiger partial charge in [-0.1, -0.05) is 29.8 Å². The molecule has 6 heteroatoms. The topological polar surface area (TPSA) is 87.0 Å². The van der Waals surface area contributed by atoms with Crippen LogP contribution in [0.1, 0.15) is 11.1 Å². The largest absolute Gasteiger partial charge is 0.378 e. The summed E-state index contributed by atoms with van der Waals surface area (Å²) in [5, 5.41) is 14.5. The first kappa shape index (κ1) is 11.1. The maximum atomic E-state index is 10.6. The summed E-state index contributed by atoms with van der Waals surface area (Å²) in [6, 6.07) is 7.84. The number of hydrogen-bond acceptors (Lipinski definition) is 4. The third-order valence-corrected chi connectivity index (χ3v) is 2.51. The van der Waals surface area contributed by atoms with Gasteiger partial charge in [-0.15, -0.1) is 0 Å². The summed E-state index contributed by atoms with van der Waals surface area (Å²) in [7, 11) is 0. The fourth-order valence-electron chi connectivity index (χ4n) is 1.52. The molecular weight excluding hydrogens is 220 g/mol. The van der Waals surface area contributed by atoms with Gasteiger partial charge in [0, 0.05) is 0 Å². The van der Waals surface area contributed by atoms with Crippen LogP contribution in [0, 0.1) is 17.0 Å². The van der Waals surface area contributed by atoms with Crippen LogP contribution in [0.2, 0.25) is 0 Å². The van der Waals surface area contributed by atoms with Crippen molar-refractivity contribution in [2.45, 2.75) is 13.5 Å². The van der Waals surface area contributed by atoms with Crippen LogP contribution in [0.25, 0.3) is 0 Å². The SMILES string of the molecule is Cc1ccc(Cn2ncc([N+](=O)[O-])c2N)cc1. The first-order valence-electron chi connectivity index (χ1n) is 5.09. The molecule has 0 amide bonds. The lowest BCUT2D eigenvalue weighted by Gasteiger charge is -2.03. The molecule has 1 aromatic heterocycles. The molecular formula is C11H12N4O2. The van der Waals surface area contributed by atoms with Gasteiger partial charge in [0.25, 0.3) is 0 Å². The summed E-state index contributed by atoms with van der Waals surface area (Å²) in [5.74, 6) is 0.0792. The zero-order valence-corrected chi connectivity index (χ0v) is 9.33. The number of benzene rings is 1. The van der Waals surface area contributed by atoms with Crippen molar-refractivity contribution in [2.75, 3.05) is 5.73 Å². The van der Waals surface area contributed by atoms with Crippen molar-refractivity contribution in [3.05, 3.63) is 51.7 Å². The fourth-order valence-corrected chi connectivity index (χ4v) is 1.52. The smallest absolute Gasteiger partial charge is 0.330 e. The number of rotatable bonds is 3. The average molecular weight is 232 g/mol. The first-order valence-corrected chi connectivity index (χ1v) is 5.09. The molecule has 0 radical (unpaired) electrons. The molecule has 0 unspecified atom stereocenters. The van der Waals surface area contributed by atoms with Gasteiger partial charge in [0.15, 0.2) is 0 Å². The standard InChI is InChI=1S/C11H12N4O2/c1-8-2-4-9(5-3-8)7-14-11(12)10(6-13-14)15(16)17/h2-6H,7,12H2,1H3. The van der Waals surface area contributed by atoms with Gasteiger partial charge in [-0.05, 0) is 12.5 Å². The minimum absolute atomic E-state index is 0.0792. The molecule has 1 aromatic carbocycles. The number of hydrogen-bond donors (Lipinski definition) is 1. The van der Waals surface area contributed by atoms with Gasteiger partial charge in [-0.25, -0.2) is 4.68 Å². The van der Waals surface area contributed by atoms with E-state index in [0.717, 1.165) is 11.1 Å². The summed E-state index contributed by atoms with van der Waals surface area (Å²) in [5.41, 5.74) is 7.65. The summed E-state index contributed by atoms with van der Waals surface area (Å²) in [4.78, 5) is 10.1. The quantitative estimate of drug-likeness (QED) is 0.644. The third kappa shape index (κ3) is 2.25. The Hall–Kier alpha value is -2.37. The molecule has 0 saturated carbocycles. The van der Waals surface area contributed by atoms with Crippen LogP contribution in [-0.4, -0.2) is 14.7 Å². The van der Waals surface area contributed by atoms with E-state index in [-0.39, 0.29) is 11.5 Å². The minimum Gasteiger partial charge on any atom is -0.378 e. The molecule has 2 N–H and O–H groups in total. The third-order valence-electron chi connectivity index (χ3n) is 2.51. The molecule has 0 bridgehead atoms. The van der Waals surface area contributed by atoms with Crippen LogP contribution < -0.4 is 5.73 Å². The van der Waals surface area contributed by atoms with Crippen molar-refractivity contribution in [3.63, 3.8) is 0 Å². The second-order valence-corrected chi connectivity index (χ2v) is 3.82. The van der Waals surface area contributed by atoms with Crippen LogP contribution >= 0.6 is 0 Å². The molecule has 0 aliphatic rings. The number of anilines is 1. The van der Waals surface area contributed by atoms with Crippen LogP contribution in [0.5, 0.6) is 0 Å². The Balaban J connectivity index is 2.24.